The molecule has 0 spiro atoms. The van der Waals surface area contributed by atoms with Crippen molar-refractivity contribution < 1.29 is 5.11 Å². The van der Waals surface area contributed by atoms with Crippen LogP contribution in [-0.2, 0) is 13.1 Å². The van der Waals surface area contributed by atoms with Gasteiger partial charge in [-0.1, -0.05) is 0 Å². The van der Waals surface area contributed by atoms with Gasteiger partial charge in [0.1, 0.15) is 11.9 Å². The monoisotopic (exact) mass is 289 g/mol. The van der Waals surface area contributed by atoms with Crippen LogP contribution in [-0.4, -0.2) is 42.8 Å². The number of likely N-dealkylation sites (tertiary alicyclic amines) is 1. The van der Waals surface area contributed by atoms with Crippen molar-refractivity contribution in [2.24, 2.45) is 5.92 Å². The second-order valence-corrected chi connectivity index (χ2v) is 5.74. The molecule has 1 saturated heterocycles. The maximum Gasteiger partial charge on any atom is 0.135 e. The number of nitrogens with zero attached hydrogens (tertiary/aromatic N) is 4. The van der Waals surface area contributed by atoms with Gasteiger partial charge in [-0.25, -0.2) is 4.98 Å². The number of rotatable bonds is 5. The lowest BCUT2D eigenvalue weighted by Gasteiger charge is -2.33. The first kappa shape index (κ1) is 14.3. The van der Waals surface area contributed by atoms with Gasteiger partial charge in [0.2, 0.25) is 0 Å². The fourth-order valence-corrected chi connectivity index (χ4v) is 3.01. The van der Waals surface area contributed by atoms with Gasteiger partial charge in [-0.05, 0) is 38.8 Å². The number of hydrogen-bond donors (Lipinski definition) is 2. The topological polar surface area (TPSA) is 70.0 Å². The molecule has 1 atom stereocenters. The van der Waals surface area contributed by atoms with E-state index in [2.05, 4.69) is 33.1 Å². The summed E-state index contributed by atoms with van der Waals surface area (Å²) in [6.07, 6.45) is 9.06. The van der Waals surface area contributed by atoms with Crippen LogP contribution in [0, 0.1) is 5.92 Å². The zero-order valence-electron chi connectivity index (χ0n) is 12.4. The predicted octanol–water partition coefficient (Wildman–Crippen LogP) is 1.57. The Kier molecular flexibility index (Phi) is 4.36. The average molecular weight is 289 g/mol. The van der Waals surface area contributed by atoms with Gasteiger partial charge in [-0.3, -0.25) is 9.58 Å². The summed E-state index contributed by atoms with van der Waals surface area (Å²) in [5, 5.41) is 14.6. The van der Waals surface area contributed by atoms with Crippen molar-refractivity contribution in [1.29, 1.82) is 0 Å². The summed E-state index contributed by atoms with van der Waals surface area (Å²) in [5.74, 6) is 0.989. The van der Waals surface area contributed by atoms with E-state index in [-0.39, 0.29) is 0 Å². The largest absolute Gasteiger partial charge is 0.385 e. The summed E-state index contributed by atoms with van der Waals surface area (Å²) in [5.41, 5.74) is 1.27. The highest BCUT2D eigenvalue weighted by molar-refractivity contribution is 5.04. The van der Waals surface area contributed by atoms with E-state index in [4.69, 9.17) is 0 Å². The van der Waals surface area contributed by atoms with Crippen LogP contribution in [0.5, 0.6) is 0 Å². The van der Waals surface area contributed by atoms with Gasteiger partial charge in [0.15, 0.2) is 0 Å². The van der Waals surface area contributed by atoms with Crippen molar-refractivity contribution in [3.8, 4) is 0 Å². The Morgan fingerprint density at radius 1 is 1.43 bits per heavy atom. The third kappa shape index (κ3) is 3.33. The maximum atomic E-state index is 10.3. The van der Waals surface area contributed by atoms with E-state index < -0.39 is 6.10 Å². The SMILES string of the molecule is CCn1cc(CN2CCC(C(O)c3ncc[nH]3)CC2)cn1. The van der Waals surface area contributed by atoms with Crippen molar-refractivity contribution >= 4 is 0 Å². The molecule has 0 amide bonds. The maximum absolute atomic E-state index is 10.3. The molecule has 2 aromatic heterocycles. The normalized spacial score (nSPS) is 19.0. The van der Waals surface area contributed by atoms with E-state index in [1.165, 1.54) is 5.56 Å². The van der Waals surface area contributed by atoms with Crippen LogP contribution in [0.4, 0.5) is 0 Å². The molecule has 0 aromatic carbocycles. The standard InChI is InChI=1S/C15H23N5O/c1-2-20-11-12(9-18-20)10-19-7-3-13(4-8-19)14(21)15-16-5-6-17-15/h5-6,9,11,13-14,21H,2-4,7-8,10H2,1H3,(H,16,17). The molecule has 1 aliphatic heterocycles. The number of aliphatic hydroxyl groups is 1. The van der Waals surface area contributed by atoms with E-state index in [0.29, 0.717) is 11.7 Å². The number of imidazole rings is 1. The van der Waals surface area contributed by atoms with Gasteiger partial charge in [-0.15, -0.1) is 0 Å². The number of aromatic amines is 1. The first-order chi connectivity index (χ1) is 10.3. The molecule has 1 aliphatic rings. The molecule has 6 heteroatoms. The summed E-state index contributed by atoms with van der Waals surface area (Å²) in [4.78, 5) is 9.60. The highest BCUT2D eigenvalue weighted by Gasteiger charge is 2.27. The van der Waals surface area contributed by atoms with Gasteiger partial charge in [-0.2, -0.15) is 5.10 Å². The van der Waals surface area contributed by atoms with Crippen LogP contribution in [0.3, 0.4) is 0 Å². The van der Waals surface area contributed by atoms with Gasteiger partial charge >= 0.3 is 0 Å². The Morgan fingerprint density at radius 3 is 2.86 bits per heavy atom. The van der Waals surface area contributed by atoms with Crippen molar-refractivity contribution in [3.63, 3.8) is 0 Å². The minimum Gasteiger partial charge on any atom is -0.385 e. The molecule has 0 aliphatic carbocycles. The molecule has 1 unspecified atom stereocenters. The van der Waals surface area contributed by atoms with E-state index in [9.17, 15) is 5.11 Å². The molecule has 0 bridgehead atoms. The molecule has 3 heterocycles. The van der Waals surface area contributed by atoms with Crippen molar-refractivity contribution in [2.45, 2.75) is 39.0 Å². The molecule has 6 nitrogen and oxygen atoms in total. The minimum atomic E-state index is -0.468. The average Bonchev–Trinajstić information content (AvgIpc) is 3.19. The van der Waals surface area contributed by atoms with E-state index in [0.717, 1.165) is 39.0 Å². The number of aliphatic hydroxyl groups excluding tert-OH is 1. The Hall–Kier alpha value is -1.66. The van der Waals surface area contributed by atoms with Crippen LogP contribution in [0.25, 0.3) is 0 Å². The highest BCUT2D eigenvalue weighted by atomic mass is 16.3. The van der Waals surface area contributed by atoms with Gasteiger partial charge < -0.3 is 10.1 Å². The second-order valence-electron chi connectivity index (χ2n) is 5.74. The molecule has 3 rings (SSSR count). The van der Waals surface area contributed by atoms with Crippen LogP contribution >= 0.6 is 0 Å². The summed E-state index contributed by atoms with van der Waals surface area (Å²) in [6.45, 7) is 5.98. The van der Waals surface area contributed by atoms with Gasteiger partial charge in [0, 0.05) is 37.2 Å². The van der Waals surface area contributed by atoms with Crippen LogP contribution in [0.1, 0.15) is 37.3 Å². The van der Waals surface area contributed by atoms with E-state index >= 15 is 0 Å². The number of H-pyrrole nitrogens is 1. The molecular formula is C15H23N5O. The van der Waals surface area contributed by atoms with Crippen LogP contribution < -0.4 is 0 Å². The summed E-state index contributed by atoms with van der Waals surface area (Å²) < 4.78 is 1.96. The minimum absolute atomic E-state index is 0.297. The lowest BCUT2D eigenvalue weighted by atomic mass is 9.90. The molecular weight excluding hydrogens is 266 g/mol. The quantitative estimate of drug-likeness (QED) is 0.876. The van der Waals surface area contributed by atoms with Gasteiger partial charge in [0.05, 0.1) is 6.20 Å². The summed E-state index contributed by atoms with van der Waals surface area (Å²) in [7, 11) is 0. The third-order valence-corrected chi connectivity index (χ3v) is 4.30. The first-order valence-corrected chi connectivity index (χ1v) is 7.67. The Balaban J connectivity index is 1.50. The Morgan fingerprint density at radius 2 is 2.24 bits per heavy atom. The fraction of sp³-hybridized carbons (Fsp3) is 0.600. The number of hydrogen-bond acceptors (Lipinski definition) is 4. The van der Waals surface area contributed by atoms with Crippen molar-refractivity contribution in [3.05, 3.63) is 36.2 Å². The van der Waals surface area contributed by atoms with Crippen LogP contribution in [0.15, 0.2) is 24.8 Å². The van der Waals surface area contributed by atoms with E-state index in [1.807, 2.05) is 10.9 Å². The lowest BCUT2D eigenvalue weighted by Crippen LogP contribution is -2.35. The molecule has 1 fully saturated rings. The molecule has 0 radical (unpaired) electrons. The van der Waals surface area contributed by atoms with Gasteiger partial charge in [0.25, 0.3) is 0 Å². The highest BCUT2D eigenvalue weighted by Crippen LogP contribution is 2.29. The lowest BCUT2D eigenvalue weighted by molar-refractivity contribution is 0.0515. The molecule has 21 heavy (non-hydrogen) atoms. The summed E-state index contributed by atoms with van der Waals surface area (Å²) in [6, 6.07) is 0. The second kappa shape index (κ2) is 6.41. The van der Waals surface area contributed by atoms with Crippen LogP contribution in [0.2, 0.25) is 0 Å². The van der Waals surface area contributed by atoms with Crippen molar-refractivity contribution in [2.75, 3.05) is 13.1 Å². The smallest absolute Gasteiger partial charge is 0.135 e. The Labute approximate surface area is 124 Å². The fourth-order valence-electron chi connectivity index (χ4n) is 3.01. The molecule has 0 saturated carbocycles. The zero-order valence-corrected chi connectivity index (χ0v) is 12.4. The number of aryl methyl sites for hydroxylation is 1. The molecule has 114 valence electrons. The number of aromatic nitrogens is 4. The third-order valence-electron chi connectivity index (χ3n) is 4.30. The van der Waals surface area contributed by atoms with E-state index in [1.54, 1.807) is 12.4 Å². The number of nitrogens with one attached hydrogen (secondary N) is 1. The zero-order chi connectivity index (χ0) is 14.7. The first-order valence-electron chi connectivity index (χ1n) is 7.67. The predicted molar refractivity (Wildman–Crippen MR) is 79.4 cm³/mol. The summed E-state index contributed by atoms with van der Waals surface area (Å²) >= 11 is 0. The molecule has 2 N–H and O–H groups in total. The number of piperidine rings is 1. The van der Waals surface area contributed by atoms with Crippen molar-refractivity contribution in [1.82, 2.24) is 24.6 Å². The Bertz CT molecular complexity index is 542. The molecule has 2 aromatic rings.